The van der Waals surface area contributed by atoms with E-state index in [9.17, 15) is 0 Å². The van der Waals surface area contributed by atoms with Gasteiger partial charge in [0.15, 0.2) is 5.16 Å². The van der Waals surface area contributed by atoms with Crippen LogP contribution in [0.1, 0.15) is 5.56 Å². The van der Waals surface area contributed by atoms with Gasteiger partial charge in [0.25, 0.3) is 0 Å². The van der Waals surface area contributed by atoms with Gasteiger partial charge >= 0.3 is 0 Å². The van der Waals surface area contributed by atoms with E-state index < -0.39 is 0 Å². The Balaban J connectivity index is 2.02. The van der Waals surface area contributed by atoms with Crippen molar-refractivity contribution < 1.29 is 4.74 Å². The van der Waals surface area contributed by atoms with Crippen molar-refractivity contribution in [3.8, 4) is 11.4 Å². The monoisotopic (exact) mass is 268 g/mol. The molecular weight excluding hydrogens is 256 g/mol. The highest BCUT2D eigenvalue weighted by Gasteiger charge is 2.20. The van der Waals surface area contributed by atoms with Crippen molar-refractivity contribution in [2.24, 2.45) is 0 Å². The molecule has 0 fully saturated rings. The number of benzene rings is 2. The summed E-state index contributed by atoms with van der Waals surface area (Å²) in [7, 11) is 1.70. The Morgan fingerprint density at radius 3 is 3.00 bits per heavy atom. The average molecular weight is 268 g/mol. The van der Waals surface area contributed by atoms with Crippen LogP contribution in [0.25, 0.3) is 16.7 Å². The highest BCUT2D eigenvalue weighted by atomic mass is 32.2. The molecule has 3 nitrogen and oxygen atoms in total. The molecule has 0 aliphatic carbocycles. The second kappa shape index (κ2) is 4.03. The van der Waals surface area contributed by atoms with Crippen molar-refractivity contribution in [2.75, 3.05) is 7.11 Å². The van der Waals surface area contributed by atoms with Gasteiger partial charge in [0.05, 0.1) is 23.8 Å². The molecule has 4 rings (SSSR count). The lowest BCUT2D eigenvalue weighted by Crippen LogP contribution is -2.05. The van der Waals surface area contributed by atoms with Gasteiger partial charge in [-0.05, 0) is 35.9 Å². The number of thioether (sulfide) groups is 1. The first-order chi connectivity index (χ1) is 9.36. The predicted octanol–water partition coefficient (Wildman–Crippen LogP) is 3.64. The first kappa shape index (κ1) is 10.9. The fourth-order valence-corrected chi connectivity index (χ4v) is 3.50. The lowest BCUT2D eigenvalue weighted by Gasteiger charge is -2.19. The molecule has 1 aliphatic rings. The summed E-state index contributed by atoms with van der Waals surface area (Å²) in [6.07, 6.45) is 0. The van der Waals surface area contributed by atoms with Crippen LogP contribution < -0.4 is 4.74 Å². The van der Waals surface area contributed by atoms with E-state index in [2.05, 4.69) is 39.9 Å². The summed E-state index contributed by atoms with van der Waals surface area (Å²) >= 11 is 1.77. The summed E-state index contributed by atoms with van der Waals surface area (Å²) in [6.45, 7) is 0. The third kappa shape index (κ3) is 1.56. The molecule has 0 atom stereocenters. The molecule has 0 N–H and O–H groups in total. The van der Waals surface area contributed by atoms with Gasteiger partial charge in [0.1, 0.15) is 5.75 Å². The molecular formula is C15H12N2OS. The number of hydrogen-bond donors (Lipinski definition) is 0. The Hall–Kier alpha value is -1.94. The van der Waals surface area contributed by atoms with Gasteiger partial charge < -0.3 is 4.74 Å². The van der Waals surface area contributed by atoms with E-state index in [0.29, 0.717) is 0 Å². The standard InChI is InChI=1S/C15H12N2OS/c1-18-11-6-7-13-10(8-11)9-19-15-16-12-4-2-3-5-14(12)17(13)15/h2-8H,9H2,1H3. The second-order valence-corrected chi connectivity index (χ2v) is 5.44. The molecule has 94 valence electrons. The fourth-order valence-electron chi connectivity index (χ4n) is 2.50. The van der Waals surface area contributed by atoms with Gasteiger partial charge in [-0.3, -0.25) is 4.57 Å². The third-order valence-corrected chi connectivity index (χ3v) is 4.40. The molecule has 0 saturated heterocycles. The van der Waals surface area contributed by atoms with E-state index in [-0.39, 0.29) is 0 Å². The van der Waals surface area contributed by atoms with Crippen molar-refractivity contribution >= 4 is 22.8 Å². The van der Waals surface area contributed by atoms with E-state index in [0.717, 1.165) is 27.7 Å². The number of imidazole rings is 1. The fraction of sp³-hybridized carbons (Fsp3) is 0.133. The van der Waals surface area contributed by atoms with Gasteiger partial charge in [-0.25, -0.2) is 4.98 Å². The highest BCUT2D eigenvalue weighted by Crippen LogP contribution is 2.38. The molecule has 0 spiro atoms. The van der Waals surface area contributed by atoms with Crippen LogP contribution in [0.4, 0.5) is 0 Å². The van der Waals surface area contributed by atoms with Gasteiger partial charge in [0, 0.05) is 5.75 Å². The van der Waals surface area contributed by atoms with Gasteiger partial charge in [-0.2, -0.15) is 0 Å². The summed E-state index contributed by atoms with van der Waals surface area (Å²) < 4.78 is 7.54. The summed E-state index contributed by atoms with van der Waals surface area (Å²) in [5, 5.41) is 1.07. The smallest absolute Gasteiger partial charge is 0.174 e. The first-order valence-corrected chi connectivity index (χ1v) is 7.13. The molecule has 0 unspecified atom stereocenters. The lowest BCUT2D eigenvalue weighted by molar-refractivity contribution is 0.414. The predicted molar refractivity (Wildman–Crippen MR) is 77.2 cm³/mol. The number of methoxy groups -OCH3 is 1. The van der Waals surface area contributed by atoms with Crippen LogP contribution in [0.15, 0.2) is 47.6 Å². The van der Waals surface area contributed by atoms with Crippen LogP contribution in [0.3, 0.4) is 0 Å². The molecule has 19 heavy (non-hydrogen) atoms. The number of rotatable bonds is 1. The van der Waals surface area contributed by atoms with E-state index >= 15 is 0 Å². The molecule has 0 amide bonds. The molecule has 2 heterocycles. The summed E-state index contributed by atoms with van der Waals surface area (Å²) in [4.78, 5) is 4.69. The Morgan fingerprint density at radius 1 is 1.21 bits per heavy atom. The molecule has 0 radical (unpaired) electrons. The molecule has 1 aromatic heterocycles. The maximum atomic E-state index is 5.30. The van der Waals surface area contributed by atoms with Gasteiger partial charge in [0.2, 0.25) is 0 Å². The zero-order valence-electron chi connectivity index (χ0n) is 10.5. The molecule has 1 aliphatic heterocycles. The molecule has 3 aromatic rings. The molecule has 0 saturated carbocycles. The Bertz CT molecular complexity index is 779. The molecule has 2 aromatic carbocycles. The van der Waals surface area contributed by atoms with E-state index in [4.69, 9.17) is 4.74 Å². The van der Waals surface area contributed by atoms with E-state index in [1.54, 1.807) is 18.9 Å². The first-order valence-electron chi connectivity index (χ1n) is 6.14. The zero-order chi connectivity index (χ0) is 12.8. The Kier molecular flexibility index (Phi) is 2.32. The van der Waals surface area contributed by atoms with Crippen LogP contribution in [0.2, 0.25) is 0 Å². The number of aromatic nitrogens is 2. The summed E-state index contributed by atoms with van der Waals surface area (Å²) in [5.41, 5.74) is 4.72. The van der Waals surface area contributed by atoms with Crippen LogP contribution in [-0.2, 0) is 5.75 Å². The number of nitrogens with zero attached hydrogens (tertiary/aromatic N) is 2. The number of ether oxygens (including phenoxy) is 1. The molecule has 0 bridgehead atoms. The van der Waals surface area contributed by atoms with Crippen molar-refractivity contribution in [2.45, 2.75) is 10.9 Å². The van der Waals surface area contributed by atoms with Crippen LogP contribution in [-0.4, -0.2) is 16.7 Å². The second-order valence-electron chi connectivity index (χ2n) is 4.50. The normalized spacial score (nSPS) is 13.1. The summed E-state index contributed by atoms with van der Waals surface area (Å²) in [6, 6.07) is 14.5. The van der Waals surface area contributed by atoms with Crippen LogP contribution in [0.5, 0.6) is 5.75 Å². The lowest BCUT2D eigenvalue weighted by atomic mass is 10.1. The largest absolute Gasteiger partial charge is 0.497 e. The maximum Gasteiger partial charge on any atom is 0.174 e. The van der Waals surface area contributed by atoms with E-state index in [1.165, 1.54) is 11.3 Å². The van der Waals surface area contributed by atoms with Crippen molar-refractivity contribution in [3.63, 3.8) is 0 Å². The minimum atomic E-state index is 0.909. The number of hydrogen-bond acceptors (Lipinski definition) is 3. The topological polar surface area (TPSA) is 27.1 Å². The quantitative estimate of drug-likeness (QED) is 0.674. The SMILES string of the molecule is COc1ccc2c(c1)CSc1nc3ccccc3n1-2. The van der Waals surface area contributed by atoms with Gasteiger partial charge in [-0.1, -0.05) is 23.9 Å². The Morgan fingerprint density at radius 2 is 2.11 bits per heavy atom. The average Bonchev–Trinajstić information content (AvgIpc) is 2.85. The van der Waals surface area contributed by atoms with E-state index in [1.807, 2.05) is 12.1 Å². The van der Waals surface area contributed by atoms with Crippen molar-refractivity contribution in [3.05, 3.63) is 48.0 Å². The summed E-state index contributed by atoms with van der Waals surface area (Å²) in [5.74, 6) is 1.85. The van der Waals surface area contributed by atoms with Gasteiger partial charge in [-0.15, -0.1) is 0 Å². The molecule has 4 heteroatoms. The minimum Gasteiger partial charge on any atom is -0.497 e. The minimum absolute atomic E-state index is 0.909. The number of fused-ring (bicyclic) bond motifs is 5. The highest BCUT2D eigenvalue weighted by molar-refractivity contribution is 7.98. The van der Waals surface area contributed by atoms with Crippen molar-refractivity contribution in [1.29, 1.82) is 0 Å². The zero-order valence-corrected chi connectivity index (χ0v) is 11.3. The third-order valence-electron chi connectivity index (χ3n) is 3.41. The Labute approximate surface area is 115 Å². The number of para-hydroxylation sites is 2. The van der Waals surface area contributed by atoms with Crippen LogP contribution in [0, 0.1) is 0 Å². The van der Waals surface area contributed by atoms with Crippen LogP contribution >= 0.6 is 11.8 Å². The van der Waals surface area contributed by atoms with Crippen molar-refractivity contribution in [1.82, 2.24) is 9.55 Å². The maximum absolute atomic E-state index is 5.30.